The maximum absolute atomic E-state index is 12.7. The van der Waals surface area contributed by atoms with Gasteiger partial charge in [0.25, 0.3) is 0 Å². The maximum atomic E-state index is 12.7. The summed E-state index contributed by atoms with van der Waals surface area (Å²) in [6.07, 6.45) is 6.06. The Hall–Kier alpha value is -1.96. The number of carbonyl (C=O) groups is 2. The molecule has 0 aromatic carbocycles. The lowest BCUT2D eigenvalue weighted by molar-refractivity contribution is -0.135. The number of piperidine rings is 1. The van der Waals surface area contributed by atoms with Crippen LogP contribution in [0.5, 0.6) is 0 Å². The second-order valence-corrected chi connectivity index (χ2v) is 7.38. The first-order chi connectivity index (χ1) is 12.6. The van der Waals surface area contributed by atoms with E-state index in [1.807, 2.05) is 4.90 Å². The summed E-state index contributed by atoms with van der Waals surface area (Å²) in [4.78, 5) is 30.9. The lowest BCUT2D eigenvalue weighted by Gasteiger charge is -2.37. The highest BCUT2D eigenvalue weighted by atomic mass is 16.5. The Morgan fingerprint density at radius 1 is 1.31 bits per heavy atom. The average molecular weight is 364 g/mol. The van der Waals surface area contributed by atoms with Crippen molar-refractivity contribution in [2.75, 3.05) is 26.8 Å². The molecule has 1 saturated heterocycles. The van der Waals surface area contributed by atoms with Crippen molar-refractivity contribution >= 4 is 11.8 Å². The van der Waals surface area contributed by atoms with Gasteiger partial charge in [-0.25, -0.2) is 0 Å². The van der Waals surface area contributed by atoms with Gasteiger partial charge in [0.1, 0.15) is 6.61 Å². The number of rotatable bonds is 6. The highest BCUT2D eigenvalue weighted by Crippen LogP contribution is 2.31. The molecule has 1 N–H and O–H groups in total. The SMILES string of the molecule is COCC(=O)N[C@@H]1CN(C(=O)CC2CCCC2)CC[C@@H]1c1nc(C)no1. The van der Waals surface area contributed by atoms with Crippen LogP contribution in [0.25, 0.3) is 0 Å². The monoisotopic (exact) mass is 364 g/mol. The molecular formula is C18H28N4O4. The van der Waals surface area contributed by atoms with Crippen LogP contribution in [0.2, 0.25) is 0 Å². The minimum Gasteiger partial charge on any atom is -0.375 e. The lowest BCUT2D eigenvalue weighted by Crippen LogP contribution is -2.54. The van der Waals surface area contributed by atoms with Gasteiger partial charge in [0, 0.05) is 26.6 Å². The van der Waals surface area contributed by atoms with Crippen LogP contribution in [-0.2, 0) is 14.3 Å². The zero-order valence-electron chi connectivity index (χ0n) is 15.6. The Morgan fingerprint density at radius 3 is 2.73 bits per heavy atom. The maximum Gasteiger partial charge on any atom is 0.246 e. The number of ether oxygens (including phenoxy) is 1. The second kappa shape index (κ2) is 8.62. The van der Waals surface area contributed by atoms with Gasteiger partial charge in [-0.1, -0.05) is 18.0 Å². The van der Waals surface area contributed by atoms with Crippen LogP contribution in [0.4, 0.5) is 0 Å². The van der Waals surface area contributed by atoms with Crippen molar-refractivity contribution in [2.45, 2.75) is 57.4 Å². The van der Waals surface area contributed by atoms with Gasteiger partial charge in [0.2, 0.25) is 17.7 Å². The van der Waals surface area contributed by atoms with E-state index in [9.17, 15) is 9.59 Å². The van der Waals surface area contributed by atoms with Crippen molar-refractivity contribution in [3.63, 3.8) is 0 Å². The van der Waals surface area contributed by atoms with E-state index in [2.05, 4.69) is 15.5 Å². The molecule has 2 amide bonds. The van der Waals surface area contributed by atoms with Crippen molar-refractivity contribution in [2.24, 2.45) is 5.92 Å². The van der Waals surface area contributed by atoms with Gasteiger partial charge in [-0.2, -0.15) is 4.98 Å². The number of aryl methyl sites for hydroxylation is 1. The van der Waals surface area contributed by atoms with Gasteiger partial charge < -0.3 is 19.5 Å². The Bertz CT molecular complexity index is 626. The minimum absolute atomic E-state index is 0.0118. The van der Waals surface area contributed by atoms with E-state index in [0.717, 1.165) is 12.8 Å². The molecule has 0 unspecified atom stereocenters. The zero-order valence-corrected chi connectivity index (χ0v) is 15.6. The first kappa shape index (κ1) is 18.8. The number of hydrogen-bond acceptors (Lipinski definition) is 6. The summed E-state index contributed by atoms with van der Waals surface area (Å²) in [5.74, 6) is 1.49. The van der Waals surface area contributed by atoms with Crippen molar-refractivity contribution < 1.29 is 18.8 Å². The Balaban J connectivity index is 1.66. The molecule has 1 aliphatic heterocycles. The summed E-state index contributed by atoms with van der Waals surface area (Å²) >= 11 is 0. The van der Waals surface area contributed by atoms with Crippen LogP contribution >= 0.6 is 0 Å². The molecule has 1 aliphatic carbocycles. The lowest BCUT2D eigenvalue weighted by atomic mass is 9.90. The van der Waals surface area contributed by atoms with Gasteiger partial charge in [-0.3, -0.25) is 9.59 Å². The highest BCUT2D eigenvalue weighted by Gasteiger charge is 2.37. The van der Waals surface area contributed by atoms with E-state index in [1.165, 1.54) is 20.0 Å². The molecule has 8 nitrogen and oxygen atoms in total. The van der Waals surface area contributed by atoms with E-state index in [4.69, 9.17) is 9.26 Å². The van der Waals surface area contributed by atoms with Gasteiger partial charge in [-0.15, -0.1) is 0 Å². The van der Waals surface area contributed by atoms with Gasteiger partial charge in [0.15, 0.2) is 5.82 Å². The Labute approximate surface area is 153 Å². The number of carbonyl (C=O) groups excluding carboxylic acids is 2. The Morgan fingerprint density at radius 2 is 2.08 bits per heavy atom. The van der Waals surface area contributed by atoms with E-state index in [0.29, 0.717) is 43.6 Å². The molecule has 0 radical (unpaired) electrons. The molecule has 2 atom stereocenters. The third kappa shape index (κ3) is 4.60. The average Bonchev–Trinajstić information content (AvgIpc) is 3.26. The van der Waals surface area contributed by atoms with Crippen LogP contribution in [0.15, 0.2) is 4.52 Å². The molecule has 26 heavy (non-hydrogen) atoms. The molecule has 1 saturated carbocycles. The first-order valence-electron chi connectivity index (χ1n) is 9.43. The number of methoxy groups -OCH3 is 1. The largest absolute Gasteiger partial charge is 0.375 e. The fraction of sp³-hybridized carbons (Fsp3) is 0.778. The minimum atomic E-state index is -0.251. The molecule has 3 rings (SSSR count). The fourth-order valence-corrected chi connectivity index (χ4v) is 4.05. The van der Waals surface area contributed by atoms with Crippen LogP contribution < -0.4 is 5.32 Å². The summed E-state index contributed by atoms with van der Waals surface area (Å²) in [6, 6.07) is -0.251. The van der Waals surface area contributed by atoms with E-state index in [1.54, 1.807) is 6.92 Å². The number of likely N-dealkylation sites (tertiary alicyclic amines) is 1. The zero-order chi connectivity index (χ0) is 18.5. The fourth-order valence-electron chi connectivity index (χ4n) is 4.05. The van der Waals surface area contributed by atoms with E-state index in [-0.39, 0.29) is 30.4 Å². The molecule has 0 bridgehead atoms. The third-order valence-corrected chi connectivity index (χ3v) is 5.39. The van der Waals surface area contributed by atoms with Crippen LogP contribution in [-0.4, -0.2) is 59.7 Å². The van der Waals surface area contributed by atoms with Crippen molar-refractivity contribution in [3.05, 3.63) is 11.7 Å². The van der Waals surface area contributed by atoms with Gasteiger partial charge in [0.05, 0.1) is 12.0 Å². The number of nitrogens with one attached hydrogen (secondary N) is 1. The molecule has 1 aromatic heterocycles. The molecule has 144 valence electrons. The molecule has 1 aromatic rings. The number of aromatic nitrogens is 2. The van der Waals surface area contributed by atoms with Crippen LogP contribution in [0.3, 0.4) is 0 Å². The van der Waals surface area contributed by atoms with Crippen molar-refractivity contribution in [1.82, 2.24) is 20.4 Å². The summed E-state index contributed by atoms with van der Waals surface area (Å²) in [6.45, 7) is 2.87. The normalized spacial score (nSPS) is 24.0. The number of amides is 2. The molecule has 2 aliphatic rings. The molecular weight excluding hydrogens is 336 g/mol. The van der Waals surface area contributed by atoms with Gasteiger partial charge in [-0.05, 0) is 32.1 Å². The predicted molar refractivity (Wildman–Crippen MR) is 93.4 cm³/mol. The third-order valence-electron chi connectivity index (χ3n) is 5.39. The second-order valence-electron chi connectivity index (χ2n) is 7.38. The predicted octanol–water partition coefficient (Wildman–Crippen LogP) is 1.41. The molecule has 2 heterocycles. The van der Waals surface area contributed by atoms with Gasteiger partial charge >= 0.3 is 0 Å². The van der Waals surface area contributed by atoms with Crippen molar-refractivity contribution in [1.29, 1.82) is 0 Å². The smallest absolute Gasteiger partial charge is 0.246 e. The highest BCUT2D eigenvalue weighted by molar-refractivity contribution is 5.78. The van der Waals surface area contributed by atoms with Crippen LogP contribution in [0.1, 0.15) is 56.2 Å². The van der Waals surface area contributed by atoms with E-state index >= 15 is 0 Å². The Kier molecular flexibility index (Phi) is 6.24. The number of nitrogens with zero attached hydrogens (tertiary/aromatic N) is 3. The topological polar surface area (TPSA) is 97.6 Å². The molecule has 2 fully saturated rings. The quantitative estimate of drug-likeness (QED) is 0.819. The van der Waals surface area contributed by atoms with E-state index < -0.39 is 0 Å². The standard InChI is InChI=1S/C18H28N4O4/c1-12-19-18(26-21-12)14-7-8-22(10-15(14)20-16(23)11-25-2)17(24)9-13-5-3-4-6-13/h13-15H,3-11H2,1-2H3,(H,20,23)/t14-,15+/m0/s1. The summed E-state index contributed by atoms with van der Waals surface area (Å²) in [7, 11) is 1.48. The summed E-state index contributed by atoms with van der Waals surface area (Å²) < 4.78 is 10.2. The molecule has 8 heteroatoms. The first-order valence-corrected chi connectivity index (χ1v) is 9.43. The summed E-state index contributed by atoms with van der Waals surface area (Å²) in [5.41, 5.74) is 0. The molecule has 0 spiro atoms. The van der Waals surface area contributed by atoms with Crippen molar-refractivity contribution in [3.8, 4) is 0 Å². The van der Waals surface area contributed by atoms with Crippen LogP contribution in [0, 0.1) is 12.8 Å². The number of hydrogen-bond donors (Lipinski definition) is 1. The summed E-state index contributed by atoms with van der Waals surface area (Å²) in [5, 5.41) is 6.83.